The summed E-state index contributed by atoms with van der Waals surface area (Å²) in [7, 11) is 0. The summed E-state index contributed by atoms with van der Waals surface area (Å²) in [6, 6.07) is 9.00. The molecule has 0 amide bonds. The Hall–Kier alpha value is -2.66. The van der Waals surface area contributed by atoms with Crippen molar-refractivity contribution >= 4 is 21.9 Å². The Kier molecular flexibility index (Phi) is 3.57. The lowest BCUT2D eigenvalue weighted by molar-refractivity contribution is 0.460. The average molecular weight is 345 g/mol. The summed E-state index contributed by atoms with van der Waals surface area (Å²) in [4.78, 5) is 8.05. The van der Waals surface area contributed by atoms with Crippen molar-refractivity contribution < 1.29 is 0 Å². The third kappa shape index (κ3) is 2.35. The van der Waals surface area contributed by atoms with E-state index in [0.717, 1.165) is 29.8 Å². The number of nitrogens with zero attached hydrogens (tertiary/aromatic N) is 2. The van der Waals surface area contributed by atoms with Gasteiger partial charge in [0, 0.05) is 22.7 Å². The molecule has 1 fully saturated rings. The number of benzene rings is 1. The Morgan fingerprint density at radius 3 is 2.77 bits per heavy atom. The summed E-state index contributed by atoms with van der Waals surface area (Å²) < 4.78 is 0. The molecule has 0 radical (unpaired) electrons. The van der Waals surface area contributed by atoms with Gasteiger partial charge in [-0.1, -0.05) is 6.07 Å². The van der Waals surface area contributed by atoms with Crippen LogP contribution in [0.1, 0.15) is 35.6 Å². The molecule has 0 aliphatic carbocycles. The number of H-pyrrole nitrogens is 2. The maximum Gasteiger partial charge on any atom is 0.156 e. The molecular weight excluding hydrogens is 322 g/mol. The van der Waals surface area contributed by atoms with Crippen molar-refractivity contribution in [1.82, 2.24) is 25.5 Å². The number of hydrogen-bond acceptors (Lipinski definition) is 3. The normalized spacial score (nSPS) is 15.9. The van der Waals surface area contributed by atoms with E-state index in [2.05, 4.69) is 56.7 Å². The quantitative estimate of drug-likeness (QED) is 0.510. The van der Waals surface area contributed by atoms with Crippen LogP contribution >= 0.6 is 0 Å². The van der Waals surface area contributed by atoms with Gasteiger partial charge in [0.05, 0.1) is 16.8 Å². The molecule has 0 atom stereocenters. The Morgan fingerprint density at radius 2 is 1.92 bits per heavy atom. The fraction of sp³-hybridized carbons (Fsp3) is 0.333. The van der Waals surface area contributed by atoms with Crippen LogP contribution in [0.3, 0.4) is 0 Å². The van der Waals surface area contributed by atoms with Crippen molar-refractivity contribution in [2.24, 2.45) is 0 Å². The third-order valence-electron chi connectivity index (χ3n) is 5.80. The molecule has 5 nitrogen and oxygen atoms in total. The molecule has 1 aliphatic rings. The molecule has 0 spiro atoms. The average Bonchev–Trinajstić information content (AvgIpc) is 3.23. The minimum absolute atomic E-state index is 0.669. The molecule has 1 aromatic carbocycles. The number of aromatic amines is 2. The van der Waals surface area contributed by atoms with Gasteiger partial charge in [-0.15, -0.1) is 0 Å². The molecule has 4 aromatic rings. The van der Waals surface area contributed by atoms with Crippen molar-refractivity contribution in [3.8, 4) is 11.3 Å². The number of pyridine rings is 1. The Bertz CT molecular complexity index is 1100. The second-order valence-electron chi connectivity index (χ2n) is 7.35. The fourth-order valence-corrected chi connectivity index (χ4v) is 4.34. The van der Waals surface area contributed by atoms with E-state index in [9.17, 15) is 0 Å². The maximum absolute atomic E-state index is 4.41. The molecule has 132 valence electrons. The molecule has 4 heterocycles. The molecule has 0 saturated carbocycles. The molecule has 1 saturated heterocycles. The highest BCUT2D eigenvalue weighted by atomic mass is 15.1. The number of rotatable bonds is 2. The Morgan fingerprint density at radius 1 is 1.08 bits per heavy atom. The predicted molar refractivity (Wildman–Crippen MR) is 106 cm³/mol. The molecule has 3 aromatic heterocycles. The minimum Gasteiger partial charge on any atom is -0.354 e. The highest BCUT2D eigenvalue weighted by Crippen LogP contribution is 2.36. The topological polar surface area (TPSA) is 69.4 Å². The predicted octanol–water partition coefficient (Wildman–Crippen LogP) is 4.19. The Labute approximate surface area is 152 Å². The number of aryl methyl sites for hydroxylation is 2. The van der Waals surface area contributed by atoms with Gasteiger partial charge < -0.3 is 10.3 Å². The lowest BCUT2D eigenvalue weighted by Gasteiger charge is -2.23. The minimum atomic E-state index is 0.669. The van der Waals surface area contributed by atoms with Crippen molar-refractivity contribution in [3.63, 3.8) is 0 Å². The summed E-state index contributed by atoms with van der Waals surface area (Å²) >= 11 is 0. The number of nitrogens with one attached hydrogen (secondary N) is 3. The van der Waals surface area contributed by atoms with Crippen LogP contribution in [0.2, 0.25) is 0 Å². The lowest BCUT2D eigenvalue weighted by Crippen LogP contribution is -2.26. The summed E-state index contributed by atoms with van der Waals surface area (Å²) in [6.45, 7) is 6.48. The molecule has 5 rings (SSSR count). The molecule has 0 bridgehead atoms. The fourth-order valence-electron chi connectivity index (χ4n) is 4.34. The molecule has 3 N–H and O–H groups in total. The summed E-state index contributed by atoms with van der Waals surface area (Å²) in [5.41, 5.74) is 8.11. The smallest absolute Gasteiger partial charge is 0.156 e. The van der Waals surface area contributed by atoms with E-state index in [0.29, 0.717) is 5.92 Å². The zero-order valence-electron chi connectivity index (χ0n) is 15.2. The highest BCUT2D eigenvalue weighted by molar-refractivity contribution is 5.99. The van der Waals surface area contributed by atoms with E-state index < -0.39 is 0 Å². The van der Waals surface area contributed by atoms with Gasteiger partial charge in [0.25, 0.3) is 0 Å². The molecule has 0 unspecified atom stereocenters. The number of piperidine rings is 1. The van der Waals surface area contributed by atoms with Gasteiger partial charge in [-0.05, 0) is 75.0 Å². The van der Waals surface area contributed by atoms with Gasteiger partial charge in [-0.25, -0.2) is 4.98 Å². The summed E-state index contributed by atoms with van der Waals surface area (Å²) in [5.74, 6) is 0.669. The van der Waals surface area contributed by atoms with Crippen LogP contribution in [0.15, 0.2) is 30.5 Å². The first-order valence-corrected chi connectivity index (χ1v) is 9.35. The van der Waals surface area contributed by atoms with Crippen LogP contribution in [0, 0.1) is 13.8 Å². The van der Waals surface area contributed by atoms with Crippen molar-refractivity contribution in [2.45, 2.75) is 32.6 Å². The molecule has 1 aliphatic heterocycles. The molecule has 5 heteroatoms. The van der Waals surface area contributed by atoms with Crippen LogP contribution in [-0.2, 0) is 0 Å². The van der Waals surface area contributed by atoms with Gasteiger partial charge >= 0.3 is 0 Å². The maximum atomic E-state index is 4.41. The second-order valence-corrected chi connectivity index (χ2v) is 7.35. The summed E-state index contributed by atoms with van der Waals surface area (Å²) in [5, 5.41) is 13.2. The number of fused-ring (bicyclic) bond motifs is 2. The van der Waals surface area contributed by atoms with Crippen LogP contribution in [0.5, 0.6) is 0 Å². The van der Waals surface area contributed by atoms with E-state index in [1.54, 1.807) is 0 Å². The Balaban J connectivity index is 1.67. The third-order valence-corrected chi connectivity index (χ3v) is 5.80. The van der Waals surface area contributed by atoms with Gasteiger partial charge in [0.1, 0.15) is 0 Å². The van der Waals surface area contributed by atoms with E-state index in [1.807, 2.05) is 13.1 Å². The van der Waals surface area contributed by atoms with Gasteiger partial charge in [-0.3, -0.25) is 5.10 Å². The van der Waals surface area contributed by atoms with E-state index >= 15 is 0 Å². The molecular formula is C21H23N5. The van der Waals surface area contributed by atoms with Gasteiger partial charge in [0.15, 0.2) is 5.65 Å². The van der Waals surface area contributed by atoms with Crippen molar-refractivity contribution in [2.75, 3.05) is 13.1 Å². The van der Waals surface area contributed by atoms with E-state index in [1.165, 1.54) is 46.1 Å². The number of aromatic nitrogens is 4. The first-order valence-electron chi connectivity index (χ1n) is 9.35. The van der Waals surface area contributed by atoms with Crippen LogP contribution in [0.4, 0.5) is 0 Å². The standard InChI is InChI=1S/C21H23N5/c1-12-17-11-15(14-5-8-22-9-6-14)3-4-18(17)24-20(12)16-7-10-23-21-19(16)13(2)25-26-21/h3-4,7,10-11,14,22,24H,5-6,8-9H2,1-2H3,(H,23,25,26). The first-order chi connectivity index (χ1) is 12.7. The van der Waals surface area contributed by atoms with Gasteiger partial charge in [0.2, 0.25) is 0 Å². The van der Waals surface area contributed by atoms with Crippen LogP contribution in [0.25, 0.3) is 33.2 Å². The van der Waals surface area contributed by atoms with Crippen molar-refractivity contribution in [3.05, 3.63) is 47.3 Å². The van der Waals surface area contributed by atoms with Crippen molar-refractivity contribution in [1.29, 1.82) is 0 Å². The largest absolute Gasteiger partial charge is 0.354 e. The highest BCUT2D eigenvalue weighted by Gasteiger charge is 2.18. The lowest BCUT2D eigenvalue weighted by atomic mass is 9.89. The first kappa shape index (κ1) is 15.6. The molecule has 26 heavy (non-hydrogen) atoms. The van der Waals surface area contributed by atoms with Gasteiger partial charge in [-0.2, -0.15) is 5.10 Å². The monoisotopic (exact) mass is 345 g/mol. The van der Waals surface area contributed by atoms with E-state index in [-0.39, 0.29) is 0 Å². The zero-order chi connectivity index (χ0) is 17.7. The second kappa shape index (κ2) is 5.95. The SMILES string of the molecule is Cc1c(-c2ccnc3[nH]nc(C)c23)[nH]c2ccc(C3CCNCC3)cc12. The summed E-state index contributed by atoms with van der Waals surface area (Å²) in [6.07, 6.45) is 4.29. The van der Waals surface area contributed by atoms with E-state index in [4.69, 9.17) is 0 Å². The number of hydrogen-bond donors (Lipinski definition) is 3. The van der Waals surface area contributed by atoms with Crippen LogP contribution in [-0.4, -0.2) is 33.3 Å². The van der Waals surface area contributed by atoms with Crippen LogP contribution < -0.4 is 5.32 Å². The zero-order valence-corrected chi connectivity index (χ0v) is 15.2.